The van der Waals surface area contributed by atoms with Crippen LogP contribution >= 0.6 is 39.9 Å². The second-order valence-corrected chi connectivity index (χ2v) is 7.01. The molecule has 23 heavy (non-hydrogen) atoms. The molecular formula is C14H11BrNO5S2-. The highest BCUT2D eigenvalue weighted by atomic mass is 79.9. The van der Waals surface area contributed by atoms with E-state index in [1.54, 1.807) is 19.1 Å². The Balaban J connectivity index is 2.37. The van der Waals surface area contributed by atoms with Crippen molar-refractivity contribution in [3.05, 3.63) is 27.1 Å². The topological polar surface area (TPSA) is 89.9 Å². The van der Waals surface area contributed by atoms with Gasteiger partial charge in [-0.05, 0) is 25.1 Å². The van der Waals surface area contributed by atoms with Crippen molar-refractivity contribution in [2.24, 2.45) is 0 Å². The largest absolute Gasteiger partial charge is 0.548 e. The van der Waals surface area contributed by atoms with Crippen molar-refractivity contribution in [1.29, 1.82) is 0 Å². The van der Waals surface area contributed by atoms with Crippen molar-refractivity contribution in [3.63, 3.8) is 0 Å². The Kier molecular flexibility index (Phi) is 5.66. The van der Waals surface area contributed by atoms with Gasteiger partial charge in [0.05, 0.1) is 24.0 Å². The Labute approximate surface area is 150 Å². The van der Waals surface area contributed by atoms with Crippen LogP contribution in [0.5, 0.6) is 11.5 Å². The lowest BCUT2D eigenvalue weighted by atomic mass is 10.1. The minimum absolute atomic E-state index is 0.111. The fraction of sp³-hybridized carbons (Fsp3) is 0.214. The van der Waals surface area contributed by atoms with Crippen LogP contribution in [0.4, 0.5) is 0 Å². The molecular weight excluding hydrogens is 406 g/mol. The first-order valence-corrected chi connectivity index (χ1v) is 8.45. The molecule has 9 heteroatoms. The van der Waals surface area contributed by atoms with Crippen molar-refractivity contribution in [2.75, 3.05) is 13.2 Å². The first kappa shape index (κ1) is 17.8. The van der Waals surface area contributed by atoms with Crippen LogP contribution in [0.3, 0.4) is 0 Å². The summed E-state index contributed by atoms with van der Waals surface area (Å²) >= 11 is 9.26. The number of phenols is 1. The zero-order valence-electron chi connectivity index (χ0n) is 11.9. The number of amides is 1. The third kappa shape index (κ3) is 4.04. The summed E-state index contributed by atoms with van der Waals surface area (Å²) in [6, 6.07) is 3.22. The van der Waals surface area contributed by atoms with Gasteiger partial charge in [-0.2, -0.15) is 0 Å². The number of hydrogen-bond donors (Lipinski definition) is 1. The zero-order chi connectivity index (χ0) is 17.1. The van der Waals surface area contributed by atoms with Gasteiger partial charge in [-0.15, -0.1) is 0 Å². The summed E-state index contributed by atoms with van der Waals surface area (Å²) in [5.41, 5.74) is 0.358. The molecule has 1 fully saturated rings. The first-order valence-electron chi connectivity index (χ1n) is 6.44. The van der Waals surface area contributed by atoms with Gasteiger partial charge in [0.15, 0.2) is 11.5 Å². The molecule has 0 saturated carbocycles. The van der Waals surface area contributed by atoms with E-state index in [9.17, 15) is 19.8 Å². The molecule has 1 saturated heterocycles. The number of ether oxygens (including phenoxy) is 1. The summed E-state index contributed by atoms with van der Waals surface area (Å²) in [7, 11) is 0. The molecule has 0 aliphatic carbocycles. The van der Waals surface area contributed by atoms with Gasteiger partial charge in [-0.25, -0.2) is 0 Å². The smallest absolute Gasteiger partial charge is 0.266 e. The van der Waals surface area contributed by atoms with Gasteiger partial charge in [0, 0.05) is 10.0 Å². The lowest BCUT2D eigenvalue weighted by Gasteiger charge is -2.14. The molecule has 0 spiro atoms. The van der Waals surface area contributed by atoms with Crippen LogP contribution in [0.2, 0.25) is 0 Å². The quantitative estimate of drug-likeness (QED) is 0.574. The number of rotatable bonds is 5. The number of thiocarbonyl (C=S) groups is 1. The Hall–Kier alpha value is -1.58. The highest BCUT2D eigenvalue weighted by molar-refractivity contribution is 9.10. The maximum absolute atomic E-state index is 12.2. The Morgan fingerprint density at radius 1 is 1.57 bits per heavy atom. The molecule has 1 aromatic rings. The summed E-state index contributed by atoms with van der Waals surface area (Å²) in [5.74, 6) is -1.77. The van der Waals surface area contributed by atoms with Crippen molar-refractivity contribution >= 4 is 62.2 Å². The molecule has 1 amide bonds. The summed E-state index contributed by atoms with van der Waals surface area (Å²) in [4.78, 5) is 24.0. The van der Waals surface area contributed by atoms with Crippen molar-refractivity contribution in [2.45, 2.75) is 6.92 Å². The van der Waals surface area contributed by atoms with E-state index in [-0.39, 0.29) is 20.7 Å². The number of carboxylic acids is 1. The molecule has 1 aliphatic heterocycles. The maximum atomic E-state index is 12.2. The number of hydrogen-bond acceptors (Lipinski definition) is 7. The summed E-state index contributed by atoms with van der Waals surface area (Å²) in [6.07, 6.45) is 1.44. The number of aliphatic carboxylic acids is 1. The number of carboxylic acid groups (broad SMARTS) is 1. The molecule has 1 heterocycles. The number of thioether (sulfide) groups is 1. The van der Waals surface area contributed by atoms with E-state index >= 15 is 0 Å². The fourth-order valence-electron chi connectivity index (χ4n) is 1.88. The van der Waals surface area contributed by atoms with E-state index in [1.165, 1.54) is 6.08 Å². The van der Waals surface area contributed by atoms with Crippen molar-refractivity contribution in [3.8, 4) is 11.5 Å². The molecule has 0 atom stereocenters. The van der Waals surface area contributed by atoms with Crippen molar-refractivity contribution in [1.82, 2.24) is 4.90 Å². The van der Waals surface area contributed by atoms with Crippen LogP contribution in [0.25, 0.3) is 6.08 Å². The summed E-state index contributed by atoms with van der Waals surface area (Å²) < 4.78 is 6.11. The molecule has 0 radical (unpaired) electrons. The normalized spacial score (nSPS) is 16.3. The van der Waals surface area contributed by atoms with Gasteiger partial charge in [0.1, 0.15) is 4.32 Å². The van der Waals surface area contributed by atoms with Crippen LogP contribution < -0.4 is 9.84 Å². The predicted molar refractivity (Wildman–Crippen MR) is 91.9 cm³/mol. The Morgan fingerprint density at radius 3 is 2.87 bits per heavy atom. The number of benzene rings is 1. The van der Waals surface area contributed by atoms with Crippen LogP contribution in [0.15, 0.2) is 21.5 Å². The molecule has 6 nitrogen and oxygen atoms in total. The van der Waals surface area contributed by atoms with Crippen LogP contribution in [0, 0.1) is 0 Å². The number of aromatic hydroxyl groups is 1. The molecule has 2 rings (SSSR count). The monoisotopic (exact) mass is 416 g/mol. The number of carbonyl (C=O) groups excluding carboxylic acids is 2. The number of nitrogens with zero attached hydrogens (tertiary/aromatic N) is 1. The van der Waals surface area contributed by atoms with Crippen LogP contribution in [-0.2, 0) is 9.59 Å². The molecule has 0 aromatic heterocycles. The third-order valence-electron chi connectivity index (χ3n) is 2.82. The van der Waals surface area contributed by atoms with Crippen molar-refractivity contribution < 1.29 is 24.5 Å². The molecule has 1 aliphatic rings. The van der Waals surface area contributed by atoms with Gasteiger partial charge in [0.2, 0.25) is 0 Å². The minimum Gasteiger partial charge on any atom is -0.548 e. The molecule has 122 valence electrons. The second-order valence-electron chi connectivity index (χ2n) is 4.41. The van der Waals surface area contributed by atoms with E-state index in [0.29, 0.717) is 16.6 Å². The van der Waals surface area contributed by atoms with Gasteiger partial charge in [-0.1, -0.05) is 39.9 Å². The standard InChI is InChI=1S/C14H12BrNO5S2/c1-2-21-9-5-8(15)3-7(12(9)19)4-10-13(20)16(6-11(17)18)14(22)23-10/h3-5,19H,2,6H2,1H3,(H,17,18)/p-1/b10-4+. The van der Waals surface area contributed by atoms with Crippen LogP contribution in [0.1, 0.15) is 12.5 Å². The Morgan fingerprint density at radius 2 is 2.26 bits per heavy atom. The van der Waals surface area contributed by atoms with E-state index in [4.69, 9.17) is 17.0 Å². The fourth-order valence-corrected chi connectivity index (χ4v) is 3.58. The molecule has 1 N–H and O–H groups in total. The van der Waals surface area contributed by atoms with Crippen LogP contribution in [-0.4, -0.2) is 39.4 Å². The summed E-state index contributed by atoms with van der Waals surface area (Å²) in [6.45, 7) is 1.55. The molecule has 0 bridgehead atoms. The highest BCUT2D eigenvalue weighted by Crippen LogP contribution is 2.38. The predicted octanol–water partition coefficient (Wildman–Crippen LogP) is 1.50. The number of carbonyl (C=O) groups is 2. The molecule has 0 unspecified atom stereocenters. The first-order chi connectivity index (χ1) is 10.8. The van der Waals surface area contributed by atoms with E-state index < -0.39 is 18.4 Å². The second kappa shape index (κ2) is 7.33. The maximum Gasteiger partial charge on any atom is 0.266 e. The van der Waals surface area contributed by atoms with E-state index in [2.05, 4.69) is 15.9 Å². The van der Waals surface area contributed by atoms with E-state index in [1.807, 2.05) is 0 Å². The summed E-state index contributed by atoms with van der Waals surface area (Å²) in [5, 5.41) is 20.9. The average Bonchev–Trinajstić information content (AvgIpc) is 2.71. The van der Waals surface area contributed by atoms with Gasteiger partial charge in [0.25, 0.3) is 5.91 Å². The number of halogens is 1. The lowest BCUT2D eigenvalue weighted by Crippen LogP contribution is -2.40. The highest BCUT2D eigenvalue weighted by Gasteiger charge is 2.32. The zero-order valence-corrected chi connectivity index (χ0v) is 15.1. The Bertz CT molecular complexity index is 719. The van der Waals surface area contributed by atoms with Gasteiger partial charge < -0.3 is 19.7 Å². The molecule has 1 aromatic carbocycles. The minimum atomic E-state index is -1.40. The van der Waals surface area contributed by atoms with Gasteiger partial charge in [-0.3, -0.25) is 9.69 Å². The van der Waals surface area contributed by atoms with E-state index in [0.717, 1.165) is 16.7 Å². The average molecular weight is 417 g/mol. The lowest BCUT2D eigenvalue weighted by molar-refractivity contribution is -0.305. The number of phenolic OH excluding ortho intramolecular Hbond substituents is 1. The SMILES string of the molecule is CCOc1cc(Br)cc(/C=C2/SC(=S)N(CC(=O)[O-])C2=O)c1O. The van der Waals surface area contributed by atoms with Gasteiger partial charge >= 0.3 is 0 Å². The third-order valence-corrected chi connectivity index (χ3v) is 4.65.